The molecular formula is C21H20N2O3S. The van der Waals surface area contributed by atoms with E-state index in [2.05, 4.69) is 4.72 Å². The van der Waals surface area contributed by atoms with E-state index in [0.29, 0.717) is 0 Å². The summed E-state index contributed by atoms with van der Waals surface area (Å²) in [5.41, 5.74) is 2.21. The van der Waals surface area contributed by atoms with E-state index >= 15 is 0 Å². The molecule has 1 N–H and O–H groups in total. The van der Waals surface area contributed by atoms with Gasteiger partial charge in [0, 0.05) is 12.7 Å². The number of hydrogen-bond donors (Lipinski definition) is 1. The molecule has 0 aliphatic carbocycles. The van der Waals surface area contributed by atoms with Crippen LogP contribution in [0.1, 0.15) is 15.9 Å². The average molecular weight is 380 g/mol. The Morgan fingerprint density at radius 2 is 1.44 bits per heavy atom. The lowest BCUT2D eigenvalue weighted by Gasteiger charge is -2.19. The van der Waals surface area contributed by atoms with Gasteiger partial charge in [-0.1, -0.05) is 48.0 Å². The second kappa shape index (κ2) is 7.63. The number of carbonyl (C=O) groups excluding carboxylic acids is 1. The monoisotopic (exact) mass is 380 g/mol. The Bertz CT molecular complexity index is 1050. The van der Waals surface area contributed by atoms with Crippen molar-refractivity contribution in [2.45, 2.75) is 11.8 Å². The number of para-hydroxylation sites is 2. The minimum Gasteiger partial charge on any atom is -0.311 e. The molecule has 3 aromatic carbocycles. The van der Waals surface area contributed by atoms with Crippen molar-refractivity contribution in [3.05, 3.63) is 90.0 Å². The van der Waals surface area contributed by atoms with Crippen LogP contribution in [-0.4, -0.2) is 21.4 Å². The summed E-state index contributed by atoms with van der Waals surface area (Å²) >= 11 is 0. The van der Waals surface area contributed by atoms with Crippen molar-refractivity contribution >= 4 is 27.3 Å². The average Bonchev–Trinajstić information content (AvgIpc) is 2.68. The van der Waals surface area contributed by atoms with Gasteiger partial charge in [-0.05, 0) is 43.3 Å². The van der Waals surface area contributed by atoms with Gasteiger partial charge in [-0.3, -0.25) is 9.52 Å². The molecule has 138 valence electrons. The maximum absolute atomic E-state index is 12.9. The Morgan fingerprint density at radius 1 is 0.852 bits per heavy atom. The molecule has 0 spiro atoms. The molecule has 6 heteroatoms. The lowest BCUT2D eigenvalue weighted by atomic mass is 10.1. The summed E-state index contributed by atoms with van der Waals surface area (Å²) in [7, 11) is -2.14. The van der Waals surface area contributed by atoms with Crippen LogP contribution in [0.4, 0.5) is 11.4 Å². The summed E-state index contributed by atoms with van der Waals surface area (Å²) in [5.74, 6) is -0.302. The van der Waals surface area contributed by atoms with Gasteiger partial charge in [0.2, 0.25) is 0 Å². The fourth-order valence-electron chi connectivity index (χ4n) is 2.63. The summed E-state index contributed by atoms with van der Waals surface area (Å²) in [6, 6.07) is 22.3. The Labute approximate surface area is 159 Å². The van der Waals surface area contributed by atoms with E-state index < -0.39 is 10.0 Å². The van der Waals surface area contributed by atoms with Gasteiger partial charge in [0.05, 0.1) is 16.1 Å². The quantitative estimate of drug-likeness (QED) is 0.725. The first-order valence-electron chi connectivity index (χ1n) is 8.40. The molecule has 0 aliphatic heterocycles. The highest BCUT2D eigenvalue weighted by Gasteiger charge is 2.21. The molecule has 0 saturated carbocycles. The summed E-state index contributed by atoms with van der Waals surface area (Å²) in [6.07, 6.45) is 0. The van der Waals surface area contributed by atoms with Gasteiger partial charge < -0.3 is 4.90 Å². The minimum absolute atomic E-state index is 0.145. The standard InChI is InChI=1S/C21H20N2O3S/c1-16-12-14-18(15-13-16)27(25,26)22-20-11-7-6-10-19(20)21(24)23(2)17-8-4-3-5-9-17/h3-15,22H,1-2H3. The Balaban J connectivity index is 1.92. The van der Waals surface area contributed by atoms with Crippen molar-refractivity contribution in [3.63, 3.8) is 0 Å². The lowest BCUT2D eigenvalue weighted by Crippen LogP contribution is -2.27. The van der Waals surface area contributed by atoms with Crippen LogP contribution in [0, 0.1) is 6.92 Å². The first-order valence-corrected chi connectivity index (χ1v) is 9.88. The van der Waals surface area contributed by atoms with Crippen molar-refractivity contribution in [2.75, 3.05) is 16.7 Å². The third kappa shape index (κ3) is 4.17. The normalized spacial score (nSPS) is 11.0. The van der Waals surface area contributed by atoms with Crippen molar-refractivity contribution in [1.82, 2.24) is 0 Å². The predicted octanol–water partition coefficient (Wildman–Crippen LogP) is 4.07. The second-order valence-electron chi connectivity index (χ2n) is 6.16. The first-order chi connectivity index (χ1) is 12.9. The summed E-state index contributed by atoms with van der Waals surface area (Å²) in [4.78, 5) is 14.6. The maximum Gasteiger partial charge on any atom is 0.261 e. The number of hydrogen-bond acceptors (Lipinski definition) is 3. The van der Waals surface area contributed by atoms with E-state index in [1.807, 2.05) is 37.3 Å². The Kier molecular flexibility index (Phi) is 5.28. The van der Waals surface area contributed by atoms with Crippen molar-refractivity contribution < 1.29 is 13.2 Å². The third-order valence-corrected chi connectivity index (χ3v) is 5.56. The van der Waals surface area contributed by atoms with E-state index in [1.54, 1.807) is 43.4 Å². The van der Waals surface area contributed by atoms with Crippen LogP contribution in [-0.2, 0) is 10.0 Å². The van der Waals surface area contributed by atoms with E-state index in [0.717, 1.165) is 11.3 Å². The van der Waals surface area contributed by atoms with E-state index in [4.69, 9.17) is 0 Å². The Morgan fingerprint density at radius 3 is 2.11 bits per heavy atom. The van der Waals surface area contributed by atoms with Gasteiger partial charge in [0.1, 0.15) is 0 Å². The van der Waals surface area contributed by atoms with Gasteiger partial charge >= 0.3 is 0 Å². The van der Waals surface area contributed by atoms with Crippen LogP contribution in [0.15, 0.2) is 83.8 Å². The minimum atomic E-state index is -3.80. The maximum atomic E-state index is 12.9. The number of carbonyl (C=O) groups is 1. The van der Waals surface area contributed by atoms with E-state index in [1.165, 1.54) is 17.0 Å². The van der Waals surface area contributed by atoms with Crippen LogP contribution < -0.4 is 9.62 Å². The van der Waals surface area contributed by atoms with Crippen LogP contribution in [0.3, 0.4) is 0 Å². The number of rotatable bonds is 5. The SMILES string of the molecule is Cc1ccc(S(=O)(=O)Nc2ccccc2C(=O)N(C)c2ccccc2)cc1. The number of sulfonamides is 1. The largest absolute Gasteiger partial charge is 0.311 e. The van der Waals surface area contributed by atoms with Crippen LogP contribution in [0.5, 0.6) is 0 Å². The van der Waals surface area contributed by atoms with Gasteiger partial charge in [0.15, 0.2) is 0 Å². The molecule has 0 aliphatic rings. The fraction of sp³-hybridized carbons (Fsp3) is 0.0952. The van der Waals surface area contributed by atoms with Gasteiger partial charge in [-0.2, -0.15) is 0 Å². The zero-order chi connectivity index (χ0) is 19.4. The topological polar surface area (TPSA) is 66.5 Å². The molecule has 27 heavy (non-hydrogen) atoms. The number of nitrogens with one attached hydrogen (secondary N) is 1. The van der Waals surface area contributed by atoms with Crippen molar-refractivity contribution in [2.24, 2.45) is 0 Å². The molecular weight excluding hydrogens is 360 g/mol. The highest BCUT2D eigenvalue weighted by Crippen LogP contribution is 2.23. The summed E-state index contributed by atoms with van der Waals surface area (Å²) < 4.78 is 27.9. The smallest absolute Gasteiger partial charge is 0.261 e. The van der Waals surface area contributed by atoms with Gasteiger partial charge in [-0.15, -0.1) is 0 Å². The van der Waals surface area contributed by atoms with Crippen LogP contribution in [0.25, 0.3) is 0 Å². The van der Waals surface area contributed by atoms with Crippen LogP contribution in [0.2, 0.25) is 0 Å². The molecule has 0 atom stereocenters. The molecule has 0 radical (unpaired) electrons. The zero-order valence-electron chi connectivity index (χ0n) is 15.1. The second-order valence-corrected chi connectivity index (χ2v) is 7.85. The van der Waals surface area contributed by atoms with E-state index in [9.17, 15) is 13.2 Å². The molecule has 0 heterocycles. The molecule has 0 fully saturated rings. The molecule has 0 saturated heterocycles. The molecule has 3 rings (SSSR count). The number of benzene rings is 3. The third-order valence-electron chi connectivity index (χ3n) is 4.18. The zero-order valence-corrected chi connectivity index (χ0v) is 15.9. The molecule has 5 nitrogen and oxygen atoms in total. The summed E-state index contributed by atoms with van der Waals surface area (Å²) in [5, 5.41) is 0. The number of anilines is 2. The molecule has 0 unspecified atom stereocenters. The number of aryl methyl sites for hydroxylation is 1. The lowest BCUT2D eigenvalue weighted by molar-refractivity contribution is 0.0994. The highest BCUT2D eigenvalue weighted by molar-refractivity contribution is 7.92. The van der Waals surface area contributed by atoms with Crippen LogP contribution >= 0.6 is 0 Å². The molecule has 0 aromatic heterocycles. The number of nitrogens with zero attached hydrogens (tertiary/aromatic N) is 1. The van der Waals surface area contributed by atoms with Crippen molar-refractivity contribution in [1.29, 1.82) is 0 Å². The van der Waals surface area contributed by atoms with Crippen molar-refractivity contribution in [3.8, 4) is 0 Å². The number of amides is 1. The van der Waals surface area contributed by atoms with E-state index in [-0.39, 0.29) is 22.1 Å². The van der Waals surface area contributed by atoms with Gasteiger partial charge in [0.25, 0.3) is 15.9 Å². The molecule has 3 aromatic rings. The first kappa shape index (κ1) is 18.7. The Hall–Kier alpha value is -3.12. The summed E-state index contributed by atoms with van der Waals surface area (Å²) in [6.45, 7) is 1.89. The van der Waals surface area contributed by atoms with Gasteiger partial charge in [-0.25, -0.2) is 8.42 Å². The molecule has 0 bridgehead atoms. The molecule has 1 amide bonds. The fourth-order valence-corrected chi connectivity index (χ4v) is 3.71. The predicted molar refractivity (Wildman–Crippen MR) is 108 cm³/mol. The highest BCUT2D eigenvalue weighted by atomic mass is 32.2.